The fourth-order valence-corrected chi connectivity index (χ4v) is 3.18. The first-order chi connectivity index (χ1) is 12.0. The standard InChI is InChI=1S/C19H18N4O2/c1-11(12-6-7-15-16(10-12)22-19(25)21-15)20-18(24)14-4-3-5-17-13(14)8-9-23(17)2/h3-11H,1-2H3,(H,20,24)(H2,21,22,25)/t11-/m0/s1. The molecule has 126 valence electrons. The van der Waals surface area contributed by atoms with Gasteiger partial charge >= 0.3 is 5.69 Å². The topological polar surface area (TPSA) is 82.7 Å². The van der Waals surface area contributed by atoms with Crippen molar-refractivity contribution in [1.82, 2.24) is 19.9 Å². The molecule has 2 heterocycles. The van der Waals surface area contributed by atoms with Gasteiger partial charge in [-0.25, -0.2) is 4.79 Å². The Bertz CT molecular complexity index is 1150. The minimum Gasteiger partial charge on any atom is -0.351 e. The Morgan fingerprint density at radius 1 is 1.12 bits per heavy atom. The second-order valence-electron chi connectivity index (χ2n) is 6.24. The average molecular weight is 334 g/mol. The minimum atomic E-state index is -0.236. The predicted molar refractivity (Wildman–Crippen MR) is 97.7 cm³/mol. The highest BCUT2D eigenvalue weighted by atomic mass is 16.2. The van der Waals surface area contributed by atoms with Crippen LogP contribution in [0.25, 0.3) is 21.9 Å². The summed E-state index contributed by atoms with van der Waals surface area (Å²) in [5, 5.41) is 3.97. The summed E-state index contributed by atoms with van der Waals surface area (Å²) in [6, 6.07) is 13.1. The lowest BCUT2D eigenvalue weighted by molar-refractivity contribution is 0.0941. The zero-order valence-corrected chi connectivity index (χ0v) is 14.0. The molecule has 0 saturated heterocycles. The van der Waals surface area contributed by atoms with Crippen LogP contribution < -0.4 is 11.0 Å². The molecule has 0 unspecified atom stereocenters. The van der Waals surface area contributed by atoms with Crippen LogP contribution in [0, 0.1) is 0 Å². The molecule has 4 rings (SSSR count). The molecule has 0 saturated carbocycles. The van der Waals surface area contributed by atoms with Gasteiger partial charge in [-0.1, -0.05) is 12.1 Å². The van der Waals surface area contributed by atoms with Gasteiger partial charge < -0.3 is 19.9 Å². The lowest BCUT2D eigenvalue weighted by Crippen LogP contribution is -2.26. The summed E-state index contributed by atoms with van der Waals surface area (Å²) in [6.07, 6.45) is 1.95. The van der Waals surface area contributed by atoms with Gasteiger partial charge in [-0.2, -0.15) is 0 Å². The number of hydrogen-bond donors (Lipinski definition) is 3. The molecule has 0 radical (unpaired) electrons. The quantitative estimate of drug-likeness (QED) is 0.538. The molecular formula is C19H18N4O2. The van der Waals surface area contributed by atoms with Crippen molar-refractivity contribution in [3.05, 3.63) is 70.3 Å². The Kier molecular flexibility index (Phi) is 3.46. The predicted octanol–water partition coefficient (Wildman–Crippen LogP) is 2.84. The maximum Gasteiger partial charge on any atom is 0.323 e. The van der Waals surface area contributed by atoms with Crippen LogP contribution in [0.3, 0.4) is 0 Å². The van der Waals surface area contributed by atoms with Crippen molar-refractivity contribution in [3.8, 4) is 0 Å². The van der Waals surface area contributed by atoms with Gasteiger partial charge in [-0.15, -0.1) is 0 Å². The summed E-state index contributed by atoms with van der Waals surface area (Å²) in [6.45, 7) is 1.93. The van der Waals surface area contributed by atoms with Crippen LogP contribution in [0.5, 0.6) is 0 Å². The number of hydrogen-bond acceptors (Lipinski definition) is 2. The van der Waals surface area contributed by atoms with E-state index in [4.69, 9.17) is 0 Å². The van der Waals surface area contributed by atoms with Crippen LogP contribution in [0.1, 0.15) is 28.9 Å². The number of H-pyrrole nitrogens is 2. The van der Waals surface area contributed by atoms with E-state index in [-0.39, 0.29) is 17.6 Å². The number of rotatable bonds is 3. The summed E-state index contributed by atoms with van der Waals surface area (Å²) in [4.78, 5) is 29.6. The van der Waals surface area contributed by atoms with E-state index in [1.54, 1.807) is 0 Å². The molecule has 2 aromatic heterocycles. The number of nitrogens with one attached hydrogen (secondary N) is 3. The highest BCUT2D eigenvalue weighted by Crippen LogP contribution is 2.21. The maximum atomic E-state index is 12.7. The monoisotopic (exact) mass is 334 g/mol. The van der Waals surface area contributed by atoms with Crippen LogP contribution in [0.2, 0.25) is 0 Å². The van der Waals surface area contributed by atoms with Gasteiger partial charge in [0.15, 0.2) is 0 Å². The first-order valence-electron chi connectivity index (χ1n) is 8.10. The van der Waals surface area contributed by atoms with Gasteiger partial charge in [-0.3, -0.25) is 4.79 Å². The van der Waals surface area contributed by atoms with Crippen molar-refractivity contribution in [1.29, 1.82) is 0 Å². The number of carbonyl (C=O) groups is 1. The van der Waals surface area contributed by atoms with Crippen LogP contribution in [-0.2, 0) is 7.05 Å². The number of benzene rings is 2. The molecule has 1 atom stereocenters. The number of aryl methyl sites for hydroxylation is 1. The van der Waals surface area contributed by atoms with E-state index in [0.717, 1.165) is 27.5 Å². The van der Waals surface area contributed by atoms with Crippen LogP contribution in [0.15, 0.2) is 53.5 Å². The van der Waals surface area contributed by atoms with E-state index in [1.165, 1.54) is 0 Å². The fourth-order valence-electron chi connectivity index (χ4n) is 3.18. The number of imidazole rings is 1. The molecule has 0 aliphatic heterocycles. The van der Waals surface area contributed by atoms with E-state index in [0.29, 0.717) is 5.56 Å². The second-order valence-corrected chi connectivity index (χ2v) is 6.24. The summed E-state index contributed by atoms with van der Waals surface area (Å²) in [5.41, 5.74) is 3.85. The minimum absolute atomic E-state index is 0.119. The largest absolute Gasteiger partial charge is 0.351 e. The van der Waals surface area contributed by atoms with E-state index in [9.17, 15) is 9.59 Å². The highest BCUT2D eigenvalue weighted by molar-refractivity contribution is 6.06. The number of amides is 1. The highest BCUT2D eigenvalue weighted by Gasteiger charge is 2.15. The molecule has 0 fully saturated rings. The molecule has 6 heteroatoms. The van der Waals surface area contributed by atoms with E-state index < -0.39 is 0 Å². The van der Waals surface area contributed by atoms with Gasteiger partial charge in [0.1, 0.15) is 0 Å². The molecule has 0 bridgehead atoms. The summed E-state index contributed by atoms with van der Waals surface area (Å²) >= 11 is 0. The zero-order chi connectivity index (χ0) is 17.6. The van der Waals surface area contributed by atoms with E-state index >= 15 is 0 Å². The number of carbonyl (C=O) groups excluding carboxylic acids is 1. The Morgan fingerprint density at radius 2 is 1.92 bits per heavy atom. The molecule has 6 nitrogen and oxygen atoms in total. The third-order valence-electron chi connectivity index (χ3n) is 4.56. The van der Waals surface area contributed by atoms with Crippen molar-refractivity contribution >= 4 is 27.8 Å². The third kappa shape index (κ3) is 2.61. The van der Waals surface area contributed by atoms with Crippen LogP contribution in [-0.4, -0.2) is 20.4 Å². The Morgan fingerprint density at radius 3 is 2.76 bits per heavy atom. The molecular weight excluding hydrogens is 316 g/mol. The summed E-state index contributed by atoms with van der Waals surface area (Å²) < 4.78 is 1.99. The molecule has 25 heavy (non-hydrogen) atoms. The van der Waals surface area contributed by atoms with Gasteiger partial charge in [0.05, 0.1) is 17.1 Å². The fraction of sp³-hybridized carbons (Fsp3) is 0.158. The van der Waals surface area contributed by atoms with Gasteiger partial charge in [0.25, 0.3) is 5.91 Å². The van der Waals surface area contributed by atoms with Crippen LogP contribution in [0.4, 0.5) is 0 Å². The first-order valence-corrected chi connectivity index (χ1v) is 8.10. The SMILES string of the molecule is C[C@H](NC(=O)c1cccc2c1ccn2C)c1ccc2[nH]c(=O)[nH]c2c1. The van der Waals surface area contributed by atoms with E-state index in [1.807, 2.05) is 67.2 Å². The number of fused-ring (bicyclic) bond motifs is 2. The Labute approximate surface area is 143 Å². The first kappa shape index (κ1) is 15.3. The lowest BCUT2D eigenvalue weighted by atomic mass is 10.1. The molecule has 4 aromatic rings. The van der Waals surface area contributed by atoms with E-state index in [2.05, 4.69) is 15.3 Å². The molecule has 1 amide bonds. The van der Waals surface area contributed by atoms with Crippen LogP contribution >= 0.6 is 0 Å². The van der Waals surface area contributed by atoms with Crippen molar-refractivity contribution in [2.45, 2.75) is 13.0 Å². The van der Waals surface area contributed by atoms with Gasteiger partial charge in [0.2, 0.25) is 0 Å². The lowest BCUT2D eigenvalue weighted by Gasteiger charge is -2.15. The maximum absolute atomic E-state index is 12.7. The average Bonchev–Trinajstić information content (AvgIpc) is 3.15. The molecule has 0 aliphatic rings. The molecule has 2 aromatic carbocycles. The molecule has 3 N–H and O–H groups in total. The molecule has 0 aliphatic carbocycles. The third-order valence-corrected chi connectivity index (χ3v) is 4.56. The smallest absolute Gasteiger partial charge is 0.323 e. The zero-order valence-electron chi connectivity index (χ0n) is 14.0. The Hall–Kier alpha value is -3.28. The van der Waals surface area contributed by atoms with Crippen molar-refractivity contribution in [2.75, 3.05) is 0 Å². The normalized spacial score (nSPS) is 12.6. The summed E-state index contributed by atoms with van der Waals surface area (Å²) in [7, 11) is 1.96. The second kappa shape index (κ2) is 5.66. The van der Waals surface area contributed by atoms with Crippen molar-refractivity contribution in [2.24, 2.45) is 7.05 Å². The Balaban J connectivity index is 1.63. The summed E-state index contributed by atoms with van der Waals surface area (Å²) in [5.74, 6) is -0.119. The number of nitrogens with zero attached hydrogens (tertiary/aromatic N) is 1. The molecule has 0 spiro atoms. The van der Waals surface area contributed by atoms with Gasteiger partial charge in [0, 0.05) is 29.7 Å². The van der Waals surface area contributed by atoms with Gasteiger partial charge in [-0.05, 0) is 42.8 Å². The van der Waals surface area contributed by atoms with Crippen molar-refractivity contribution < 1.29 is 4.79 Å². The number of aromatic nitrogens is 3. The van der Waals surface area contributed by atoms with Crippen molar-refractivity contribution in [3.63, 3.8) is 0 Å². The number of aromatic amines is 2.